The molecule has 59 heavy (non-hydrogen) atoms. The van der Waals surface area contributed by atoms with E-state index in [1.54, 1.807) is 12.1 Å². The van der Waals surface area contributed by atoms with Gasteiger partial charge in [0.2, 0.25) is 15.9 Å². The van der Waals surface area contributed by atoms with Gasteiger partial charge in [-0.25, -0.2) is 35.6 Å². The zero-order valence-corrected chi connectivity index (χ0v) is 33.4. The molecule has 0 spiro atoms. The number of carbonyl (C=O) groups is 1. The number of aromatic nitrogens is 6. The van der Waals surface area contributed by atoms with E-state index in [0.717, 1.165) is 23.0 Å². The molecule has 12 nitrogen and oxygen atoms in total. The number of halogens is 7. The fourth-order valence-electron chi connectivity index (χ4n) is 8.37. The van der Waals surface area contributed by atoms with Gasteiger partial charge in [0.25, 0.3) is 17.9 Å². The van der Waals surface area contributed by atoms with Crippen molar-refractivity contribution in [2.75, 3.05) is 11.0 Å². The number of nitrogens with two attached hydrogens (primary N) is 1. The van der Waals surface area contributed by atoms with Crippen LogP contribution in [0, 0.1) is 17.6 Å². The lowest BCUT2D eigenvalue weighted by atomic mass is 9.86. The van der Waals surface area contributed by atoms with Crippen molar-refractivity contribution in [2.45, 2.75) is 69.3 Å². The average Bonchev–Trinajstić information content (AvgIpc) is 3.64. The molecule has 0 saturated heterocycles. The number of nitrogens with zero attached hydrogens (tertiary/aromatic N) is 6. The molecule has 1 amide bonds. The minimum absolute atomic E-state index is 0.00427. The Morgan fingerprint density at radius 3 is 2.36 bits per heavy atom. The number of carbonyl (C=O) groups excluding carboxylic acids is 1. The maximum Gasteiger partial charge on any atom is 0.293 e. The summed E-state index contributed by atoms with van der Waals surface area (Å²) >= 11 is 6.63. The smallest absolute Gasteiger partial charge is 0.293 e. The minimum atomic E-state index is -3.94. The van der Waals surface area contributed by atoms with E-state index in [1.807, 2.05) is 20.8 Å². The van der Waals surface area contributed by atoms with Crippen LogP contribution in [-0.2, 0) is 39.6 Å². The van der Waals surface area contributed by atoms with Gasteiger partial charge in [0.1, 0.15) is 34.9 Å². The lowest BCUT2D eigenvalue weighted by molar-refractivity contribution is -0.122. The quantitative estimate of drug-likeness (QED) is 0.137. The molecule has 3 N–H and O–H groups in total. The van der Waals surface area contributed by atoms with Gasteiger partial charge in [0, 0.05) is 24.6 Å². The van der Waals surface area contributed by atoms with Crippen molar-refractivity contribution in [3.63, 3.8) is 0 Å². The highest BCUT2D eigenvalue weighted by Crippen LogP contribution is 2.68. The molecule has 0 aliphatic heterocycles. The second-order valence-electron chi connectivity index (χ2n) is 16.1. The van der Waals surface area contributed by atoms with E-state index in [0.29, 0.717) is 16.3 Å². The minimum Gasteiger partial charge on any atom is -0.368 e. The second kappa shape index (κ2) is 13.6. The van der Waals surface area contributed by atoms with Gasteiger partial charge >= 0.3 is 0 Å². The van der Waals surface area contributed by atoms with Crippen LogP contribution in [-0.4, -0.2) is 49.7 Å². The predicted molar refractivity (Wildman–Crippen MR) is 207 cm³/mol. The molecular weight excluding hydrogens is 826 g/mol. The first-order valence-corrected chi connectivity index (χ1v) is 20.5. The van der Waals surface area contributed by atoms with E-state index < -0.39 is 98.1 Å². The topological polar surface area (TPSA) is 160 Å². The zero-order chi connectivity index (χ0) is 42.8. The van der Waals surface area contributed by atoms with Gasteiger partial charge in [-0.2, -0.15) is 19.0 Å². The number of benzene rings is 3. The molecule has 3 aromatic carbocycles. The lowest BCUT2D eigenvalue weighted by Gasteiger charge is -2.30. The number of amides is 1. The van der Waals surface area contributed by atoms with Crippen LogP contribution in [0.5, 0.6) is 0 Å². The van der Waals surface area contributed by atoms with Crippen molar-refractivity contribution in [1.29, 1.82) is 0 Å². The fraction of sp³-hybridized carbons (Fsp3) is 0.359. The summed E-state index contributed by atoms with van der Waals surface area (Å²) in [5.41, 5.74) is 3.07. The summed E-state index contributed by atoms with van der Waals surface area (Å²) in [5.74, 6) is -11.8. The molecule has 0 radical (unpaired) electrons. The standard InChI is InChI=1S/C39H35ClF6N8O4S/c1-38(2,3)17-6-7-20-25(13-17)48-36(53(37(20)56)26-9-8-24(40)28-31(26)52(4)50-35(28)51-59(5,57)58)22(12-16-10-18(41)14-19(42)11-16)30(34(47)55)54-32-27(29(49-54)33(43)44)21-15-23(21)39(32,45)46/h6-11,13-14,21-23,30,33H,12,15H2,1-5H3,(H2,47,55)(H,50,51)/t21-,22-,23+,30?/m0/s1. The lowest BCUT2D eigenvalue weighted by Crippen LogP contribution is -2.39. The van der Waals surface area contributed by atoms with Crippen molar-refractivity contribution < 1.29 is 39.6 Å². The Balaban J connectivity index is 1.51. The number of hydrogen-bond donors (Lipinski definition) is 2. The van der Waals surface area contributed by atoms with E-state index in [1.165, 1.54) is 29.9 Å². The number of hydrogen-bond acceptors (Lipinski definition) is 7. The summed E-state index contributed by atoms with van der Waals surface area (Å²) < 4.78 is 121. The molecule has 0 bridgehead atoms. The van der Waals surface area contributed by atoms with Crippen molar-refractivity contribution in [3.05, 3.63) is 109 Å². The number of aryl methyl sites for hydroxylation is 1. The molecule has 2 aliphatic rings. The van der Waals surface area contributed by atoms with Gasteiger partial charge in [-0.1, -0.05) is 38.4 Å². The highest BCUT2D eigenvalue weighted by Gasteiger charge is 2.67. The van der Waals surface area contributed by atoms with E-state index in [4.69, 9.17) is 22.3 Å². The maximum absolute atomic E-state index is 16.2. The summed E-state index contributed by atoms with van der Waals surface area (Å²) in [5, 5.41) is 8.26. The van der Waals surface area contributed by atoms with Crippen molar-refractivity contribution in [3.8, 4) is 5.69 Å². The Labute approximate surface area is 337 Å². The number of fused-ring (bicyclic) bond motifs is 5. The normalized spacial score (nSPS) is 18.3. The molecule has 1 unspecified atom stereocenters. The van der Waals surface area contributed by atoms with Gasteiger partial charge in [-0.15, -0.1) is 0 Å². The summed E-state index contributed by atoms with van der Waals surface area (Å²) in [7, 11) is -2.51. The van der Waals surface area contributed by atoms with Gasteiger partial charge in [0.15, 0.2) is 5.82 Å². The Morgan fingerprint density at radius 2 is 1.75 bits per heavy atom. The fourth-order valence-corrected chi connectivity index (χ4v) is 9.10. The number of anilines is 1. The first kappa shape index (κ1) is 40.4. The third kappa shape index (κ3) is 6.71. The Morgan fingerprint density at radius 1 is 1.07 bits per heavy atom. The van der Waals surface area contributed by atoms with Gasteiger partial charge in [0.05, 0.1) is 44.7 Å². The van der Waals surface area contributed by atoms with Crippen LogP contribution in [0.1, 0.15) is 85.4 Å². The molecule has 2 aliphatic carbocycles. The van der Waals surface area contributed by atoms with Crippen molar-refractivity contribution in [2.24, 2.45) is 18.7 Å². The predicted octanol–water partition coefficient (Wildman–Crippen LogP) is 7.27. The number of primary amides is 1. The monoisotopic (exact) mass is 860 g/mol. The highest BCUT2D eigenvalue weighted by atomic mass is 35.5. The zero-order valence-electron chi connectivity index (χ0n) is 31.9. The number of nitrogens with one attached hydrogen (secondary N) is 1. The highest BCUT2D eigenvalue weighted by molar-refractivity contribution is 7.92. The average molecular weight is 861 g/mol. The molecule has 310 valence electrons. The van der Waals surface area contributed by atoms with E-state index in [9.17, 15) is 30.8 Å². The molecule has 3 heterocycles. The molecule has 4 atom stereocenters. The first-order valence-electron chi connectivity index (χ1n) is 18.2. The van der Waals surface area contributed by atoms with Gasteiger partial charge in [-0.05, 0) is 71.7 Å². The van der Waals surface area contributed by atoms with Crippen LogP contribution >= 0.6 is 11.6 Å². The number of alkyl halides is 4. The molecule has 1 fully saturated rings. The molecule has 8 rings (SSSR count). The first-order chi connectivity index (χ1) is 27.5. The molecule has 6 aromatic rings. The summed E-state index contributed by atoms with van der Waals surface area (Å²) in [6.07, 6.45) is -3.16. The molecule has 20 heteroatoms. The number of rotatable bonds is 10. The Kier molecular flexibility index (Phi) is 9.27. The van der Waals surface area contributed by atoms with Crippen molar-refractivity contribution >= 4 is 55.2 Å². The van der Waals surface area contributed by atoms with E-state index in [-0.39, 0.29) is 56.1 Å². The summed E-state index contributed by atoms with van der Waals surface area (Å²) in [6, 6.07) is 7.84. The van der Waals surface area contributed by atoms with Crippen LogP contribution in [0.25, 0.3) is 27.5 Å². The summed E-state index contributed by atoms with van der Waals surface area (Å²) in [6.45, 7) is 5.71. The second-order valence-corrected chi connectivity index (χ2v) is 18.3. The largest absolute Gasteiger partial charge is 0.368 e. The molecule has 3 aromatic heterocycles. The van der Waals surface area contributed by atoms with Gasteiger partial charge < -0.3 is 5.73 Å². The van der Waals surface area contributed by atoms with E-state index in [2.05, 4.69) is 14.9 Å². The number of sulfonamides is 1. The van der Waals surface area contributed by atoms with Crippen LogP contribution in [0.2, 0.25) is 5.02 Å². The van der Waals surface area contributed by atoms with Gasteiger partial charge in [-0.3, -0.25) is 23.6 Å². The van der Waals surface area contributed by atoms with Crippen LogP contribution in [0.15, 0.2) is 53.3 Å². The van der Waals surface area contributed by atoms with E-state index >= 15 is 13.6 Å². The Bertz CT molecular complexity index is 2920. The third-order valence-electron chi connectivity index (χ3n) is 11.0. The third-order valence-corrected chi connectivity index (χ3v) is 11.9. The van der Waals surface area contributed by atoms with Crippen LogP contribution in [0.3, 0.4) is 0 Å². The van der Waals surface area contributed by atoms with Crippen LogP contribution < -0.4 is 16.0 Å². The van der Waals surface area contributed by atoms with Crippen molar-refractivity contribution in [1.82, 2.24) is 29.1 Å². The Hall–Kier alpha value is -5.43. The maximum atomic E-state index is 16.2. The summed E-state index contributed by atoms with van der Waals surface area (Å²) in [4.78, 5) is 33.9. The van der Waals surface area contributed by atoms with Crippen LogP contribution in [0.4, 0.5) is 32.2 Å². The SMILES string of the molecule is Cn1nc(NS(C)(=O)=O)c2c(Cl)ccc(-n3c([C@@H](Cc4cc(F)cc(F)c4)C(C(N)=O)n4nc(C(F)F)c5c4C(F)(F)[C@@H]4C[C@H]54)nc4cc(C(C)(C)C)ccc4c3=O)c21. The molecule has 1 saturated carbocycles. The molecular formula is C39H35ClF6N8O4S.